The predicted octanol–water partition coefficient (Wildman–Crippen LogP) is 1.85. The number of aryl methyl sites for hydroxylation is 1. The van der Waals surface area contributed by atoms with Crippen LogP contribution in [-0.4, -0.2) is 107 Å². The Kier molecular flexibility index (Phi) is 8.99. The normalized spacial score (nSPS) is 23.3. The van der Waals surface area contributed by atoms with Crippen LogP contribution in [0.15, 0.2) is 47.4 Å². The van der Waals surface area contributed by atoms with Crippen LogP contribution in [0.4, 0.5) is 15.8 Å². The summed E-state index contributed by atoms with van der Waals surface area (Å²) in [5.41, 5.74) is 4.06. The molecule has 3 aromatic rings. The summed E-state index contributed by atoms with van der Waals surface area (Å²) in [7, 11) is 3.77. The van der Waals surface area contributed by atoms with Crippen molar-refractivity contribution in [2.75, 3.05) is 56.5 Å². The fourth-order valence-corrected chi connectivity index (χ4v) is 7.70. The number of nitrogens with zero attached hydrogens (tertiary/aromatic N) is 6. The van der Waals surface area contributed by atoms with Crippen LogP contribution in [0, 0.1) is 12.7 Å². The Bertz CT molecular complexity index is 1920. The van der Waals surface area contributed by atoms with E-state index in [0.29, 0.717) is 37.7 Å². The molecule has 7 rings (SSSR count). The summed E-state index contributed by atoms with van der Waals surface area (Å²) in [5, 5.41) is 9.91. The van der Waals surface area contributed by atoms with Crippen LogP contribution in [-0.2, 0) is 23.2 Å². The molecule has 3 fully saturated rings. The number of benzene rings is 2. The molecule has 2 unspecified atom stereocenters. The lowest BCUT2D eigenvalue weighted by Crippen LogP contribution is -2.54. The number of likely N-dealkylation sites (tertiary alicyclic amines) is 1. The molecular formula is C36H41FN8O5. The van der Waals surface area contributed by atoms with Crippen molar-refractivity contribution in [3.63, 3.8) is 0 Å². The van der Waals surface area contributed by atoms with Crippen LogP contribution in [0.25, 0.3) is 0 Å². The van der Waals surface area contributed by atoms with Gasteiger partial charge in [-0.05, 0) is 56.0 Å². The van der Waals surface area contributed by atoms with E-state index in [-0.39, 0.29) is 41.3 Å². The minimum absolute atomic E-state index is 0.0201. The zero-order valence-electron chi connectivity index (χ0n) is 28.4. The summed E-state index contributed by atoms with van der Waals surface area (Å²) < 4.78 is 16.7. The van der Waals surface area contributed by atoms with Crippen LogP contribution in [0.1, 0.15) is 62.6 Å². The molecule has 0 radical (unpaired) electrons. The first-order chi connectivity index (χ1) is 24.0. The van der Waals surface area contributed by atoms with Crippen molar-refractivity contribution in [2.24, 2.45) is 7.05 Å². The van der Waals surface area contributed by atoms with E-state index in [1.165, 1.54) is 21.9 Å². The second-order valence-corrected chi connectivity index (χ2v) is 13.9. The third-order valence-corrected chi connectivity index (χ3v) is 10.4. The zero-order valence-corrected chi connectivity index (χ0v) is 28.4. The van der Waals surface area contributed by atoms with Crippen molar-refractivity contribution in [3.05, 3.63) is 86.6 Å². The minimum atomic E-state index is -1.10. The Balaban J connectivity index is 0.953. The highest BCUT2D eigenvalue weighted by Crippen LogP contribution is 2.33. The number of aromatic nitrogens is 2. The first-order valence-electron chi connectivity index (χ1n) is 17.1. The SMILES string of the molecule is Cc1c(N[C@@H]2CC(c3ccc(CN4CCN(c5cc6c(cc5F)C(=O)N(C5CCC(=O)NC5=O)C6=O)CC4)cc3)CN(C)C2)cnn(C)c1=O. The molecule has 4 aliphatic heterocycles. The summed E-state index contributed by atoms with van der Waals surface area (Å²) in [4.78, 5) is 70.0. The Morgan fingerprint density at radius 1 is 0.940 bits per heavy atom. The van der Waals surface area contributed by atoms with Gasteiger partial charge in [-0.15, -0.1) is 0 Å². The molecule has 1 aromatic heterocycles. The summed E-state index contributed by atoms with van der Waals surface area (Å²) in [6, 6.07) is 10.3. The van der Waals surface area contributed by atoms with Crippen LogP contribution >= 0.6 is 0 Å². The number of imide groups is 2. The Labute approximate surface area is 289 Å². The molecule has 13 nitrogen and oxygen atoms in total. The van der Waals surface area contributed by atoms with Gasteiger partial charge in [0.15, 0.2) is 0 Å². The predicted molar refractivity (Wildman–Crippen MR) is 183 cm³/mol. The van der Waals surface area contributed by atoms with Gasteiger partial charge in [0.1, 0.15) is 11.9 Å². The summed E-state index contributed by atoms with van der Waals surface area (Å²) in [6.07, 6.45) is 2.72. The topological polar surface area (TPSA) is 140 Å². The zero-order chi connectivity index (χ0) is 35.3. The van der Waals surface area contributed by atoms with Gasteiger partial charge in [0, 0.05) is 70.9 Å². The van der Waals surface area contributed by atoms with Crippen molar-refractivity contribution in [1.29, 1.82) is 0 Å². The van der Waals surface area contributed by atoms with Gasteiger partial charge >= 0.3 is 0 Å². The molecular weight excluding hydrogens is 643 g/mol. The van der Waals surface area contributed by atoms with Gasteiger partial charge in [-0.2, -0.15) is 5.10 Å². The number of hydrogen-bond acceptors (Lipinski definition) is 10. The van der Waals surface area contributed by atoms with Crippen molar-refractivity contribution in [1.82, 2.24) is 29.8 Å². The maximum absolute atomic E-state index is 15.4. The van der Waals surface area contributed by atoms with E-state index in [4.69, 9.17) is 0 Å². The lowest BCUT2D eigenvalue weighted by Gasteiger charge is -2.37. The third-order valence-electron chi connectivity index (χ3n) is 10.4. The van der Waals surface area contributed by atoms with E-state index in [2.05, 4.69) is 56.8 Å². The maximum atomic E-state index is 15.4. The quantitative estimate of drug-likeness (QED) is 0.355. The molecule has 0 spiro atoms. The molecule has 2 N–H and O–H groups in total. The smallest absolute Gasteiger partial charge is 0.271 e. The van der Waals surface area contributed by atoms with E-state index in [9.17, 15) is 24.0 Å². The summed E-state index contributed by atoms with van der Waals surface area (Å²) in [5.74, 6) is -2.77. The van der Waals surface area contributed by atoms with E-state index in [0.717, 1.165) is 42.7 Å². The third kappa shape index (κ3) is 6.40. The molecule has 4 aliphatic rings. The molecule has 3 saturated heterocycles. The number of amides is 4. The lowest BCUT2D eigenvalue weighted by molar-refractivity contribution is -0.136. The number of hydrogen-bond donors (Lipinski definition) is 2. The highest BCUT2D eigenvalue weighted by molar-refractivity contribution is 6.23. The Morgan fingerprint density at radius 3 is 2.34 bits per heavy atom. The van der Waals surface area contributed by atoms with Crippen LogP contribution in [0.2, 0.25) is 0 Å². The number of carbonyl (C=O) groups is 4. The van der Waals surface area contributed by atoms with Gasteiger partial charge in [-0.1, -0.05) is 24.3 Å². The van der Waals surface area contributed by atoms with E-state index >= 15 is 4.39 Å². The van der Waals surface area contributed by atoms with Crippen LogP contribution < -0.4 is 21.1 Å². The van der Waals surface area contributed by atoms with Crippen LogP contribution in [0.5, 0.6) is 0 Å². The van der Waals surface area contributed by atoms with Crippen molar-refractivity contribution < 1.29 is 23.6 Å². The average molecular weight is 685 g/mol. The second kappa shape index (κ2) is 13.4. The van der Waals surface area contributed by atoms with E-state index in [1.54, 1.807) is 13.2 Å². The van der Waals surface area contributed by atoms with Gasteiger partial charge in [-0.3, -0.25) is 39.1 Å². The fourth-order valence-electron chi connectivity index (χ4n) is 7.70. The molecule has 4 amide bonds. The highest BCUT2D eigenvalue weighted by atomic mass is 19.1. The Morgan fingerprint density at radius 2 is 1.64 bits per heavy atom. The van der Waals surface area contributed by atoms with Gasteiger partial charge in [0.25, 0.3) is 17.4 Å². The molecule has 0 bridgehead atoms. The highest BCUT2D eigenvalue weighted by Gasteiger charge is 2.45. The summed E-state index contributed by atoms with van der Waals surface area (Å²) in [6.45, 7) is 6.85. The molecule has 5 heterocycles. The molecule has 2 aromatic carbocycles. The van der Waals surface area contributed by atoms with Crippen molar-refractivity contribution in [3.8, 4) is 0 Å². The molecule has 262 valence electrons. The number of rotatable bonds is 7. The van der Waals surface area contributed by atoms with Gasteiger partial charge in [-0.25, -0.2) is 9.07 Å². The fraction of sp³-hybridized carbons (Fsp3) is 0.444. The number of piperazine rings is 1. The number of halogens is 1. The number of nitrogens with one attached hydrogen (secondary N) is 2. The molecule has 3 atom stereocenters. The standard InChI is InChI=1S/C36H41FN8O5/c1-21-29(17-38-42(3)34(21)48)39-25-14-24(19-41(2)20-25)23-6-4-22(5-7-23)18-43-10-12-44(13-11-43)31-16-27-26(15-28(31)37)35(49)45(36(27)50)30-8-9-32(46)40-33(30)47/h4-7,15-17,24-25,30,39H,8-14,18-20H2,1-3H3,(H,40,46,47)/t24?,25-,30?/m1/s1. The summed E-state index contributed by atoms with van der Waals surface area (Å²) >= 11 is 0. The lowest BCUT2D eigenvalue weighted by atomic mass is 9.87. The number of fused-ring (bicyclic) bond motifs is 1. The van der Waals surface area contributed by atoms with Crippen molar-refractivity contribution >= 4 is 35.0 Å². The minimum Gasteiger partial charge on any atom is -0.379 e. The average Bonchev–Trinajstić information content (AvgIpc) is 3.33. The van der Waals surface area contributed by atoms with Crippen molar-refractivity contribution in [2.45, 2.75) is 50.7 Å². The number of anilines is 2. The number of carbonyl (C=O) groups excluding carboxylic acids is 4. The van der Waals surface area contributed by atoms with E-state index in [1.807, 2.05) is 11.8 Å². The molecule has 50 heavy (non-hydrogen) atoms. The molecule has 0 saturated carbocycles. The second-order valence-electron chi connectivity index (χ2n) is 13.9. The number of piperidine rings is 2. The molecule has 0 aliphatic carbocycles. The largest absolute Gasteiger partial charge is 0.379 e. The Hall–Kier alpha value is -4.95. The first-order valence-corrected chi connectivity index (χ1v) is 17.1. The molecule has 14 heteroatoms. The number of likely N-dealkylation sites (N-methyl/N-ethyl adjacent to an activating group) is 1. The van der Waals surface area contributed by atoms with Gasteiger partial charge in [0.2, 0.25) is 11.8 Å². The maximum Gasteiger partial charge on any atom is 0.271 e. The first kappa shape index (κ1) is 33.5. The van der Waals surface area contributed by atoms with Gasteiger partial charge < -0.3 is 15.1 Å². The van der Waals surface area contributed by atoms with Crippen LogP contribution in [0.3, 0.4) is 0 Å². The van der Waals surface area contributed by atoms with E-state index < -0.39 is 35.5 Å². The monoisotopic (exact) mass is 684 g/mol. The van der Waals surface area contributed by atoms with Gasteiger partial charge in [0.05, 0.1) is 28.7 Å².